The lowest BCUT2D eigenvalue weighted by Gasteiger charge is -2.33. The van der Waals surface area contributed by atoms with E-state index in [1.165, 1.54) is 6.42 Å². The van der Waals surface area contributed by atoms with Gasteiger partial charge in [0.1, 0.15) is 0 Å². The zero-order chi connectivity index (χ0) is 10.6. The standard InChI is InChI=1S/C10H20N2OS/c1-8(7-13)5-12-4-2-3-9(6-12)10(11)14/h8-9,13H,2-7H2,1H3,(H2,11,14). The molecule has 0 saturated carbocycles. The third-order valence-corrected chi connectivity index (χ3v) is 3.12. The van der Waals surface area contributed by atoms with Crippen LogP contribution in [0.3, 0.4) is 0 Å². The first kappa shape index (κ1) is 11.9. The fraction of sp³-hybridized carbons (Fsp3) is 0.900. The largest absolute Gasteiger partial charge is 0.396 e. The van der Waals surface area contributed by atoms with Crippen LogP contribution in [0.5, 0.6) is 0 Å². The van der Waals surface area contributed by atoms with E-state index in [9.17, 15) is 0 Å². The van der Waals surface area contributed by atoms with Crippen LogP contribution in [0.15, 0.2) is 0 Å². The maximum absolute atomic E-state index is 8.96. The summed E-state index contributed by atoms with van der Waals surface area (Å²) in [6.45, 7) is 5.36. The highest BCUT2D eigenvalue weighted by Crippen LogP contribution is 2.17. The van der Waals surface area contributed by atoms with E-state index in [1.54, 1.807) is 0 Å². The molecule has 1 aliphatic heterocycles. The van der Waals surface area contributed by atoms with Crippen molar-refractivity contribution >= 4 is 17.2 Å². The molecule has 0 amide bonds. The Bertz CT molecular complexity index is 199. The van der Waals surface area contributed by atoms with Crippen molar-refractivity contribution in [1.82, 2.24) is 4.90 Å². The Hall–Kier alpha value is -0.190. The van der Waals surface area contributed by atoms with Crippen LogP contribution < -0.4 is 5.73 Å². The molecule has 3 nitrogen and oxygen atoms in total. The molecule has 2 atom stereocenters. The molecule has 1 rings (SSSR count). The van der Waals surface area contributed by atoms with E-state index in [1.807, 2.05) is 0 Å². The molecule has 0 aliphatic carbocycles. The molecule has 0 radical (unpaired) electrons. The Labute approximate surface area is 91.3 Å². The number of nitrogens with two attached hydrogens (primary N) is 1. The Morgan fingerprint density at radius 2 is 2.43 bits per heavy atom. The monoisotopic (exact) mass is 216 g/mol. The van der Waals surface area contributed by atoms with Crippen LogP contribution >= 0.6 is 12.2 Å². The van der Waals surface area contributed by atoms with Crippen molar-refractivity contribution in [3.8, 4) is 0 Å². The van der Waals surface area contributed by atoms with E-state index in [0.717, 1.165) is 26.1 Å². The number of hydrogen-bond donors (Lipinski definition) is 2. The molecule has 14 heavy (non-hydrogen) atoms. The summed E-state index contributed by atoms with van der Waals surface area (Å²) in [4.78, 5) is 3.00. The Morgan fingerprint density at radius 3 is 3.00 bits per heavy atom. The molecular weight excluding hydrogens is 196 g/mol. The lowest BCUT2D eigenvalue weighted by atomic mass is 9.97. The summed E-state index contributed by atoms with van der Waals surface area (Å²) in [6, 6.07) is 0. The van der Waals surface area contributed by atoms with Crippen molar-refractivity contribution in [2.75, 3.05) is 26.2 Å². The molecule has 0 aromatic heterocycles. The smallest absolute Gasteiger partial charge is 0.0771 e. The highest BCUT2D eigenvalue weighted by Gasteiger charge is 2.22. The van der Waals surface area contributed by atoms with Gasteiger partial charge in [-0.25, -0.2) is 0 Å². The van der Waals surface area contributed by atoms with Crippen LogP contribution in [0, 0.1) is 11.8 Å². The number of thiocarbonyl (C=S) groups is 1. The van der Waals surface area contributed by atoms with Gasteiger partial charge in [0, 0.05) is 25.6 Å². The van der Waals surface area contributed by atoms with Gasteiger partial charge in [-0.2, -0.15) is 0 Å². The van der Waals surface area contributed by atoms with Crippen molar-refractivity contribution in [2.45, 2.75) is 19.8 Å². The van der Waals surface area contributed by atoms with E-state index >= 15 is 0 Å². The van der Waals surface area contributed by atoms with Crippen LogP contribution in [0.1, 0.15) is 19.8 Å². The minimum absolute atomic E-state index is 0.258. The van der Waals surface area contributed by atoms with E-state index in [-0.39, 0.29) is 6.61 Å². The highest BCUT2D eigenvalue weighted by molar-refractivity contribution is 7.80. The number of rotatable bonds is 4. The average molecular weight is 216 g/mol. The van der Waals surface area contributed by atoms with Gasteiger partial charge in [0.25, 0.3) is 0 Å². The Kier molecular flexibility index (Phi) is 4.78. The molecule has 1 aliphatic rings. The van der Waals surface area contributed by atoms with E-state index in [0.29, 0.717) is 16.8 Å². The Morgan fingerprint density at radius 1 is 1.71 bits per heavy atom. The van der Waals surface area contributed by atoms with Crippen molar-refractivity contribution in [1.29, 1.82) is 0 Å². The first-order valence-electron chi connectivity index (χ1n) is 5.26. The quantitative estimate of drug-likeness (QED) is 0.676. The Balaban J connectivity index is 2.36. The molecule has 2 unspecified atom stereocenters. The SMILES string of the molecule is CC(CO)CN1CCCC(C(N)=S)C1. The predicted octanol–water partition coefficient (Wildman–Crippen LogP) is 0.613. The summed E-state index contributed by atoms with van der Waals surface area (Å²) in [5.74, 6) is 0.727. The molecule has 4 heteroatoms. The number of aliphatic hydroxyl groups is 1. The number of aliphatic hydroxyl groups excluding tert-OH is 1. The third kappa shape index (κ3) is 3.52. The van der Waals surface area contributed by atoms with Crippen LogP contribution in [0.2, 0.25) is 0 Å². The van der Waals surface area contributed by atoms with Crippen molar-refractivity contribution < 1.29 is 5.11 Å². The molecule has 1 saturated heterocycles. The average Bonchev–Trinajstić information content (AvgIpc) is 2.18. The summed E-state index contributed by atoms with van der Waals surface area (Å²) < 4.78 is 0. The van der Waals surface area contributed by atoms with E-state index in [4.69, 9.17) is 23.1 Å². The normalized spacial score (nSPS) is 26.0. The van der Waals surface area contributed by atoms with Gasteiger partial charge in [-0.15, -0.1) is 0 Å². The van der Waals surface area contributed by atoms with Gasteiger partial charge >= 0.3 is 0 Å². The van der Waals surface area contributed by atoms with Gasteiger partial charge in [-0.1, -0.05) is 19.1 Å². The third-order valence-electron chi connectivity index (χ3n) is 2.79. The molecule has 0 spiro atoms. The predicted molar refractivity (Wildman–Crippen MR) is 62.2 cm³/mol. The number of likely N-dealkylation sites (tertiary alicyclic amines) is 1. The molecule has 0 bridgehead atoms. The van der Waals surface area contributed by atoms with Gasteiger partial charge in [-0.3, -0.25) is 0 Å². The van der Waals surface area contributed by atoms with Crippen LogP contribution in [-0.2, 0) is 0 Å². The second kappa shape index (κ2) is 5.63. The van der Waals surface area contributed by atoms with Crippen LogP contribution in [0.4, 0.5) is 0 Å². The second-order valence-corrected chi connectivity index (χ2v) is 4.76. The van der Waals surface area contributed by atoms with Gasteiger partial charge in [0.2, 0.25) is 0 Å². The zero-order valence-corrected chi connectivity index (χ0v) is 9.59. The van der Waals surface area contributed by atoms with Crippen molar-refractivity contribution in [2.24, 2.45) is 17.6 Å². The molecular formula is C10H20N2OS. The summed E-state index contributed by atoms with van der Waals surface area (Å²) in [7, 11) is 0. The summed E-state index contributed by atoms with van der Waals surface area (Å²) in [5, 5.41) is 8.96. The van der Waals surface area contributed by atoms with E-state index < -0.39 is 0 Å². The summed E-state index contributed by atoms with van der Waals surface area (Å²) in [5.41, 5.74) is 5.65. The summed E-state index contributed by atoms with van der Waals surface area (Å²) >= 11 is 5.01. The number of piperidine rings is 1. The van der Waals surface area contributed by atoms with Gasteiger partial charge < -0.3 is 15.7 Å². The lowest BCUT2D eigenvalue weighted by Crippen LogP contribution is -2.42. The fourth-order valence-corrected chi connectivity index (χ4v) is 2.14. The highest BCUT2D eigenvalue weighted by atomic mass is 32.1. The lowest BCUT2D eigenvalue weighted by molar-refractivity contribution is 0.144. The van der Waals surface area contributed by atoms with Crippen molar-refractivity contribution in [3.63, 3.8) is 0 Å². The first-order chi connectivity index (χ1) is 6.63. The van der Waals surface area contributed by atoms with Gasteiger partial charge in [0.05, 0.1) is 4.99 Å². The number of hydrogen-bond acceptors (Lipinski definition) is 3. The molecule has 1 fully saturated rings. The second-order valence-electron chi connectivity index (χ2n) is 4.29. The van der Waals surface area contributed by atoms with Gasteiger partial charge in [0.15, 0.2) is 0 Å². The maximum atomic E-state index is 8.96. The van der Waals surface area contributed by atoms with Crippen LogP contribution in [0.25, 0.3) is 0 Å². The topological polar surface area (TPSA) is 49.5 Å². The molecule has 0 aromatic rings. The molecule has 1 heterocycles. The minimum atomic E-state index is 0.258. The molecule has 0 aromatic carbocycles. The molecule has 82 valence electrons. The zero-order valence-electron chi connectivity index (χ0n) is 8.78. The fourth-order valence-electron chi connectivity index (χ4n) is 1.95. The first-order valence-corrected chi connectivity index (χ1v) is 5.66. The van der Waals surface area contributed by atoms with Crippen molar-refractivity contribution in [3.05, 3.63) is 0 Å². The number of nitrogens with zero attached hydrogens (tertiary/aromatic N) is 1. The minimum Gasteiger partial charge on any atom is -0.396 e. The summed E-state index contributed by atoms with van der Waals surface area (Å²) in [6.07, 6.45) is 2.29. The van der Waals surface area contributed by atoms with Gasteiger partial charge in [-0.05, 0) is 25.3 Å². The van der Waals surface area contributed by atoms with E-state index in [2.05, 4.69) is 11.8 Å². The van der Waals surface area contributed by atoms with Crippen LogP contribution in [-0.4, -0.2) is 41.2 Å². The molecule has 3 N–H and O–H groups in total. The maximum Gasteiger partial charge on any atom is 0.0771 e.